The van der Waals surface area contributed by atoms with Gasteiger partial charge in [0.05, 0.1) is 11.9 Å². The van der Waals surface area contributed by atoms with Crippen LogP contribution in [-0.4, -0.2) is 34.8 Å². The highest BCUT2D eigenvalue weighted by molar-refractivity contribution is 8.00. The van der Waals surface area contributed by atoms with E-state index in [9.17, 15) is 0 Å². The highest BCUT2D eigenvalue weighted by Crippen LogP contribution is 2.25. The topological polar surface area (TPSA) is 67.8 Å². The second kappa shape index (κ2) is 4.57. The molecule has 1 rings (SSSR count). The summed E-state index contributed by atoms with van der Waals surface area (Å²) < 4.78 is 5.37. The second-order valence-electron chi connectivity index (χ2n) is 2.81. The SMILES string of the molecule is CC1OCCC1SCC(N)=NO. The molecule has 0 aromatic carbocycles. The van der Waals surface area contributed by atoms with Gasteiger partial charge in [-0.05, 0) is 13.3 Å². The van der Waals surface area contributed by atoms with Gasteiger partial charge in [-0.3, -0.25) is 0 Å². The first-order valence-electron chi connectivity index (χ1n) is 3.93. The zero-order valence-electron chi connectivity index (χ0n) is 7.06. The molecule has 2 unspecified atom stereocenters. The minimum absolute atomic E-state index is 0.277. The lowest BCUT2D eigenvalue weighted by Crippen LogP contribution is -2.20. The van der Waals surface area contributed by atoms with Crippen LogP contribution >= 0.6 is 11.8 Å². The van der Waals surface area contributed by atoms with Gasteiger partial charge in [0.1, 0.15) is 5.84 Å². The van der Waals surface area contributed by atoms with Crippen molar-refractivity contribution >= 4 is 17.6 Å². The van der Waals surface area contributed by atoms with Crippen molar-refractivity contribution in [3.8, 4) is 0 Å². The summed E-state index contributed by atoms with van der Waals surface area (Å²) in [5.74, 6) is 0.855. The third-order valence-electron chi connectivity index (χ3n) is 1.88. The Hall–Kier alpha value is -0.420. The number of amidine groups is 1. The Balaban J connectivity index is 2.22. The predicted molar refractivity (Wildman–Crippen MR) is 49.7 cm³/mol. The molecule has 1 aliphatic rings. The largest absolute Gasteiger partial charge is 0.409 e. The molecule has 12 heavy (non-hydrogen) atoms. The van der Waals surface area contributed by atoms with Gasteiger partial charge < -0.3 is 15.7 Å². The van der Waals surface area contributed by atoms with Gasteiger partial charge in [-0.25, -0.2) is 0 Å². The molecule has 1 aliphatic heterocycles. The first-order valence-corrected chi connectivity index (χ1v) is 4.98. The lowest BCUT2D eigenvalue weighted by molar-refractivity contribution is 0.127. The molecule has 1 fully saturated rings. The van der Waals surface area contributed by atoms with Crippen LogP contribution in [0.25, 0.3) is 0 Å². The highest BCUT2D eigenvalue weighted by Gasteiger charge is 2.24. The maximum atomic E-state index is 8.29. The second-order valence-corrected chi connectivity index (χ2v) is 4.03. The number of ether oxygens (including phenoxy) is 1. The molecule has 0 aliphatic carbocycles. The van der Waals surface area contributed by atoms with Gasteiger partial charge in [0.25, 0.3) is 0 Å². The molecule has 4 nitrogen and oxygen atoms in total. The third-order valence-corrected chi connectivity index (χ3v) is 3.39. The van der Waals surface area contributed by atoms with Crippen molar-refractivity contribution in [3.05, 3.63) is 0 Å². The molecular formula is C7H14N2O2S. The fraction of sp³-hybridized carbons (Fsp3) is 0.857. The number of rotatable bonds is 3. The van der Waals surface area contributed by atoms with Gasteiger partial charge in [0.15, 0.2) is 0 Å². The fourth-order valence-electron chi connectivity index (χ4n) is 1.15. The zero-order chi connectivity index (χ0) is 8.97. The molecule has 0 saturated carbocycles. The average Bonchev–Trinajstić information content (AvgIpc) is 2.47. The summed E-state index contributed by atoms with van der Waals surface area (Å²) in [4.78, 5) is 0. The van der Waals surface area contributed by atoms with Crippen LogP contribution in [0.1, 0.15) is 13.3 Å². The molecule has 2 atom stereocenters. The van der Waals surface area contributed by atoms with Crippen LogP contribution in [0, 0.1) is 0 Å². The van der Waals surface area contributed by atoms with Crippen LogP contribution in [-0.2, 0) is 4.74 Å². The van der Waals surface area contributed by atoms with Crippen molar-refractivity contribution in [2.75, 3.05) is 12.4 Å². The van der Waals surface area contributed by atoms with Gasteiger partial charge in [-0.2, -0.15) is 0 Å². The van der Waals surface area contributed by atoms with E-state index in [0.29, 0.717) is 17.1 Å². The third kappa shape index (κ3) is 2.57. The number of hydrogen-bond acceptors (Lipinski definition) is 4. The fourth-order valence-corrected chi connectivity index (χ4v) is 2.21. The molecule has 70 valence electrons. The van der Waals surface area contributed by atoms with Gasteiger partial charge in [-0.15, -0.1) is 11.8 Å². The zero-order valence-corrected chi connectivity index (χ0v) is 7.88. The van der Waals surface area contributed by atoms with Crippen LogP contribution in [0.5, 0.6) is 0 Å². The Kier molecular flexibility index (Phi) is 3.68. The number of thioether (sulfide) groups is 1. The molecule has 1 heterocycles. The van der Waals surface area contributed by atoms with E-state index in [-0.39, 0.29) is 5.84 Å². The van der Waals surface area contributed by atoms with Crippen molar-refractivity contribution in [3.63, 3.8) is 0 Å². The number of hydrogen-bond donors (Lipinski definition) is 2. The Morgan fingerprint density at radius 2 is 2.58 bits per heavy atom. The summed E-state index contributed by atoms with van der Waals surface area (Å²) in [6.45, 7) is 2.88. The molecule has 1 saturated heterocycles. The smallest absolute Gasteiger partial charge is 0.149 e. The summed E-state index contributed by atoms with van der Waals surface area (Å²) in [5.41, 5.74) is 5.33. The van der Waals surface area contributed by atoms with E-state index >= 15 is 0 Å². The molecule has 0 aromatic rings. The molecule has 0 amide bonds. The molecule has 0 spiro atoms. The van der Waals surface area contributed by atoms with E-state index in [0.717, 1.165) is 13.0 Å². The first-order chi connectivity index (χ1) is 5.74. The maximum Gasteiger partial charge on any atom is 0.149 e. The maximum absolute atomic E-state index is 8.29. The summed E-state index contributed by atoms with van der Waals surface area (Å²) in [6, 6.07) is 0. The van der Waals surface area contributed by atoms with Crippen LogP contribution in [0.15, 0.2) is 5.16 Å². The molecule has 0 aromatic heterocycles. The van der Waals surface area contributed by atoms with Crippen molar-refractivity contribution in [2.24, 2.45) is 10.9 Å². The number of nitrogens with two attached hydrogens (primary N) is 1. The lowest BCUT2D eigenvalue weighted by atomic mass is 10.3. The van der Waals surface area contributed by atoms with Crippen molar-refractivity contribution < 1.29 is 9.94 Å². The minimum atomic E-state index is 0.277. The Labute approximate surface area is 76.1 Å². The van der Waals surface area contributed by atoms with Gasteiger partial charge in [0.2, 0.25) is 0 Å². The summed E-state index contributed by atoms with van der Waals surface area (Å²) >= 11 is 1.68. The molecular weight excluding hydrogens is 176 g/mol. The lowest BCUT2D eigenvalue weighted by Gasteiger charge is -2.12. The highest BCUT2D eigenvalue weighted by atomic mass is 32.2. The Bertz CT molecular complexity index is 175. The van der Waals surface area contributed by atoms with Crippen LogP contribution in [0.3, 0.4) is 0 Å². The monoisotopic (exact) mass is 190 g/mol. The average molecular weight is 190 g/mol. The minimum Gasteiger partial charge on any atom is -0.409 e. The van der Waals surface area contributed by atoms with E-state index in [1.54, 1.807) is 11.8 Å². The first kappa shape index (κ1) is 9.67. The summed E-state index contributed by atoms with van der Waals surface area (Å²) in [5, 5.41) is 11.7. The number of oxime groups is 1. The van der Waals surface area contributed by atoms with E-state index in [1.165, 1.54) is 0 Å². The Morgan fingerprint density at radius 3 is 3.08 bits per heavy atom. The van der Waals surface area contributed by atoms with Crippen LogP contribution in [0.2, 0.25) is 0 Å². The van der Waals surface area contributed by atoms with Crippen LogP contribution in [0.4, 0.5) is 0 Å². The van der Waals surface area contributed by atoms with Crippen LogP contribution < -0.4 is 5.73 Å². The van der Waals surface area contributed by atoms with Crippen molar-refractivity contribution in [1.82, 2.24) is 0 Å². The molecule has 0 bridgehead atoms. The standard InChI is InChI=1S/C7H14N2O2S/c1-5-6(2-3-11-5)12-4-7(8)9-10/h5-6,10H,2-4H2,1H3,(H2,8,9). The van der Waals surface area contributed by atoms with Crippen molar-refractivity contribution in [2.45, 2.75) is 24.7 Å². The van der Waals surface area contributed by atoms with E-state index in [4.69, 9.17) is 15.7 Å². The van der Waals surface area contributed by atoms with Gasteiger partial charge in [0, 0.05) is 11.9 Å². The van der Waals surface area contributed by atoms with Gasteiger partial charge >= 0.3 is 0 Å². The summed E-state index contributed by atoms with van der Waals surface area (Å²) in [6.07, 6.45) is 1.35. The number of nitrogens with zero attached hydrogens (tertiary/aromatic N) is 1. The van der Waals surface area contributed by atoms with E-state index in [1.807, 2.05) is 0 Å². The summed E-state index contributed by atoms with van der Waals surface area (Å²) in [7, 11) is 0. The normalized spacial score (nSPS) is 30.9. The van der Waals surface area contributed by atoms with Gasteiger partial charge in [-0.1, -0.05) is 5.16 Å². The molecule has 0 radical (unpaired) electrons. The Morgan fingerprint density at radius 1 is 1.83 bits per heavy atom. The quantitative estimate of drug-likeness (QED) is 0.297. The van der Waals surface area contributed by atoms with E-state index < -0.39 is 0 Å². The van der Waals surface area contributed by atoms with E-state index in [2.05, 4.69) is 12.1 Å². The molecule has 3 N–H and O–H groups in total. The predicted octanol–water partition coefficient (Wildman–Crippen LogP) is 0.643. The van der Waals surface area contributed by atoms with Crippen molar-refractivity contribution in [1.29, 1.82) is 0 Å². The molecule has 5 heteroatoms.